The van der Waals surface area contributed by atoms with Gasteiger partial charge >= 0.3 is 0 Å². The van der Waals surface area contributed by atoms with Crippen LogP contribution in [0.25, 0.3) is 11.3 Å². The molecule has 172 valence electrons. The Morgan fingerprint density at radius 3 is 2.42 bits per heavy atom. The molecule has 3 aliphatic rings. The van der Waals surface area contributed by atoms with Gasteiger partial charge in [-0.25, -0.2) is 9.07 Å². The molecule has 2 aromatic heterocycles. The normalized spacial score (nSPS) is 23.3. The number of amides is 1. The number of alkyl halides is 1. The molecule has 8 nitrogen and oxygen atoms in total. The minimum absolute atomic E-state index is 0.0174. The first-order valence-corrected chi connectivity index (χ1v) is 11.0. The highest BCUT2D eigenvalue weighted by atomic mass is 19.1. The maximum atomic E-state index is 13.8. The van der Waals surface area contributed by atoms with Gasteiger partial charge in [-0.3, -0.25) is 9.59 Å². The van der Waals surface area contributed by atoms with Crippen molar-refractivity contribution in [2.24, 2.45) is 5.73 Å². The summed E-state index contributed by atoms with van der Waals surface area (Å²) in [5, 5.41) is 8.55. The third kappa shape index (κ3) is 3.51. The SMILES string of the molecule is CC(C)n1nc(-c2ccc(CC(=O)Cc3cc(C45CC(F)(C4)C5)no3)cc2)c(C(N)=O)c1N. The van der Waals surface area contributed by atoms with Crippen molar-refractivity contribution in [1.82, 2.24) is 14.9 Å². The van der Waals surface area contributed by atoms with Gasteiger partial charge in [-0.2, -0.15) is 5.10 Å². The quantitative estimate of drug-likeness (QED) is 0.540. The minimum atomic E-state index is -1.00. The van der Waals surface area contributed by atoms with Crippen LogP contribution in [0.5, 0.6) is 0 Å². The van der Waals surface area contributed by atoms with E-state index in [1.807, 2.05) is 26.0 Å². The molecule has 1 aromatic carbocycles. The van der Waals surface area contributed by atoms with Crippen LogP contribution in [0, 0.1) is 0 Å². The zero-order valence-electron chi connectivity index (χ0n) is 18.6. The van der Waals surface area contributed by atoms with Crippen molar-refractivity contribution in [3.05, 3.63) is 52.9 Å². The first kappa shape index (κ1) is 21.4. The van der Waals surface area contributed by atoms with E-state index in [2.05, 4.69) is 10.3 Å². The molecule has 4 N–H and O–H groups in total. The molecule has 2 bridgehead atoms. The van der Waals surface area contributed by atoms with Gasteiger partial charge in [0, 0.05) is 29.5 Å². The fourth-order valence-corrected chi connectivity index (χ4v) is 5.13. The van der Waals surface area contributed by atoms with Gasteiger partial charge in [0.25, 0.3) is 5.91 Å². The standard InChI is InChI=1S/C24H26FN5O3/c1-13(2)30-21(26)19(22(27)32)20(28-30)15-5-3-14(4-6-15)7-16(31)8-17-9-18(29-33-17)23-10-24(25,11-23)12-23/h3-6,9,13H,7-8,10-12,26H2,1-2H3,(H2,27,32). The molecule has 3 fully saturated rings. The van der Waals surface area contributed by atoms with Gasteiger partial charge < -0.3 is 16.0 Å². The van der Waals surface area contributed by atoms with Crippen molar-refractivity contribution in [3.8, 4) is 11.3 Å². The van der Waals surface area contributed by atoms with E-state index in [4.69, 9.17) is 16.0 Å². The van der Waals surface area contributed by atoms with E-state index in [1.165, 1.54) is 0 Å². The van der Waals surface area contributed by atoms with E-state index in [1.54, 1.807) is 22.9 Å². The molecule has 3 aromatic rings. The minimum Gasteiger partial charge on any atom is -0.383 e. The number of halogens is 1. The fourth-order valence-electron chi connectivity index (χ4n) is 5.13. The maximum Gasteiger partial charge on any atom is 0.254 e. The number of nitrogens with two attached hydrogens (primary N) is 2. The highest BCUT2D eigenvalue weighted by molar-refractivity contribution is 6.03. The van der Waals surface area contributed by atoms with E-state index in [0.29, 0.717) is 36.3 Å². The van der Waals surface area contributed by atoms with Gasteiger partial charge in [-0.1, -0.05) is 29.4 Å². The Labute approximate surface area is 190 Å². The fraction of sp³-hybridized carbons (Fsp3) is 0.417. The second-order valence-corrected chi connectivity index (χ2v) is 9.74. The molecule has 6 rings (SSSR count). The van der Waals surface area contributed by atoms with Gasteiger partial charge in [-0.15, -0.1) is 0 Å². The van der Waals surface area contributed by atoms with Crippen LogP contribution in [-0.4, -0.2) is 32.3 Å². The summed E-state index contributed by atoms with van der Waals surface area (Å²) in [5.74, 6) is 0.0839. The number of rotatable bonds is 8. The molecular weight excluding hydrogens is 425 g/mol. The Morgan fingerprint density at radius 1 is 1.18 bits per heavy atom. The molecule has 0 spiro atoms. The predicted molar refractivity (Wildman–Crippen MR) is 119 cm³/mol. The summed E-state index contributed by atoms with van der Waals surface area (Å²) >= 11 is 0. The van der Waals surface area contributed by atoms with E-state index < -0.39 is 11.6 Å². The monoisotopic (exact) mass is 451 g/mol. The second-order valence-electron chi connectivity index (χ2n) is 9.74. The highest BCUT2D eigenvalue weighted by Gasteiger charge is 2.71. The molecule has 33 heavy (non-hydrogen) atoms. The molecule has 0 unspecified atom stereocenters. The first-order valence-electron chi connectivity index (χ1n) is 11.0. The number of carbonyl (C=O) groups excluding carboxylic acids is 2. The number of nitrogens with zero attached hydrogens (tertiary/aromatic N) is 3. The Morgan fingerprint density at radius 2 is 1.85 bits per heavy atom. The summed E-state index contributed by atoms with van der Waals surface area (Å²) < 4.78 is 20.7. The van der Waals surface area contributed by atoms with Gasteiger partial charge in [0.05, 0.1) is 12.1 Å². The Hall–Kier alpha value is -3.49. The van der Waals surface area contributed by atoms with Crippen LogP contribution >= 0.6 is 0 Å². The van der Waals surface area contributed by atoms with Crippen LogP contribution in [-0.2, 0) is 23.1 Å². The van der Waals surface area contributed by atoms with E-state index in [0.717, 1.165) is 11.3 Å². The molecule has 0 radical (unpaired) electrons. The maximum absolute atomic E-state index is 13.8. The molecule has 1 amide bonds. The van der Waals surface area contributed by atoms with Crippen LogP contribution in [0.4, 0.5) is 10.2 Å². The molecular formula is C24H26FN5O3. The number of ketones is 1. The van der Waals surface area contributed by atoms with Crippen LogP contribution in [0.1, 0.15) is 66.5 Å². The molecule has 3 saturated carbocycles. The lowest BCUT2D eigenvalue weighted by molar-refractivity contribution is -0.160. The largest absolute Gasteiger partial charge is 0.383 e. The smallest absolute Gasteiger partial charge is 0.254 e. The van der Waals surface area contributed by atoms with Crippen molar-refractivity contribution in [2.75, 3.05) is 5.73 Å². The Balaban J connectivity index is 1.26. The van der Waals surface area contributed by atoms with E-state index >= 15 is 0 Å². The summed E-state index contributed by atoms with van der Waals surface area (Å²) in [6.45, 7) is 3.83. The predicted octanol–water partition coefficient (Wildman–Crippen LogP) is 3.30. The van der Waals surface area contributed by atoms with E-state index in [9.17, 15) is 14.0 Å². The third-order valence-electron chi connectivity index (χ3n) is 6.75. The lowest BCUT2D eigenvalue weighted by atomic mass is 9.41. The van der Waals surface area contributed by atoms with Crippen molar-refractivity contribution < 1.29 is 18.5 Å². The lowest BCUT2D eigenvalue weighted by Gasteiger charge is -2.64. The Bertz CT molecular complexity index is 1240. The number of nitrogen functional groups attached to an aromatic ring is 1. The van der Waals surface area contributed by atoms with Crippen LogP contribution < -0.4 is 11.5 Å². The highest BCUT2D eigenvalue weighted by Crippen LogP contribution is 2.69. The number of anilines is 1. The zero-order chi connectivity index (χ0) is 23.5. The molecule has 2 heterocycles. The third-order valence-corrected chi connectivity index (χ3v) is 6.75. The Kier molecular flexibility index (Phi) is 4.70. The number of hydrogen-bond acceptors (Lipinski definition) is 6. The second kappa shape index (κ2) is 7.26. The average Bonchev–Trinajstić information content (AvgIpc) is 3.29. The van der Waals surface area contributed by atoms with Crippen LogP contribution in [0.3, 0.4) is 0 Å². The molecule has 3 aliphatic carbocycles. The van der Waals surface area contributed by atoms with Gasteiger partial charge in [0.15, 0.2) is 0 Å². The number of benzene rings is 1. The van der Waals surface area contributed by atoms with E-state index in [-0.39, 0.29) is 41.5 Å². The molecule has 9 heteroatoms. The first-order chi connectivity index (χ1) is 15.6. The topological polar surface area (TPSA) is 130 Å². The number of hydrogen-bond donors (Lipinski definition) is 2. The summed E-state index contributed by atoms with van der Waals surface area (Å²) in [6.07, 6.45) is 1.87. The number of aromatic nitrogens is 3. The molecule has 0 aliphatic heterocycles. The van der Waals surface area contributed by atoms with Crippen molar-refractivity contribution in [3.63, 3.8) is 0 Å². The average molecular weight is 452 g/mol. The van der Waals surface area contributed by atoms with Crippen LogP contribution in [0.15, 0.2) is 34.9 Å². The van der Waals surface area contributed by atoms with Gasteiger partial charge in [-0.05, 0) is 38.7 Å². The van der Waals surface area contributed by atoms with Crippen molar-refractivity contribution in [2.45, 2.75) is 63.1 Å². The summed E-state index contributed by atoms with van der Waals surface area (Å²) in [4.78, 5) is 24.5. The van der Waals surface area contributed by atoms with Crippen LogP contribution in [0.2, 0.25) is 0 Å². The van der Waals surface area contributed by atoms with Gasteiger partial charge in [0.1, 0.15) is 34.3 Å². The summed E-state index contributed by atoms with van der Waals surface area (Å²) in [7, 11) is 0. The van der Waals surface area contributed by atoms with Gasteiger partial charge in [0.2, 0.25) is 0 Å². The zero-order valence-corrected chi connectivity index (χ0v) is 18.6. The lowest BCUT2D eigenvalue weighted by Crippen LogP contribution is -2.67. The van der Waals surface area contributed by atoms with Crippen molar-refractivity contribution in [1.29, 1.82) is 0 Å². The number of primary amides is 1. The molecule has 0 saturated heterocycles. The number of carbonyl (C=O) groups is 2. The number of Topliss-reactive ketones (excluding diaryl/α,β-unsaturated/α-hetero) is 1. The van der Waals surface area contributed by atoms with Crippen molar-refractivity contribution >= 4 is 17.5 Å². The summed E-state index contributed by atoms with van der Waals surface area (Å²) in [5.41, 5.74) is 13.3. The molecule has 0 atom stereocenters. The summed E-state index contributed by atoms with van der Waals surface area (Å²) in [6, 6.07) is 8.99.